The van der Waals surface area contributed by atoms with E-state index >= 15 is 0 Å². The van der Waals surface area contributed by atoms with E-state index in [0.717, 1.165) is 11.1 Å². The first-order valence-corrected chi connectivity index (χ1v) is 7.97. The molecule has 0 aliphatic carbocycles. The lowest BCUT2D eigenvalue weighted by atomic mass is 9.94. The number of carbonyl (C=O) groups is 3. The fourth-order valence-corrected chi connectivity index (χ4v) is 2.69. The lowest BCUT2D eigenvalue weighted by Gasteiger charge is -2.32. The second-order valence-electron chi connectivity index (χ2n) is 5.62. The molecule has 1 aromatic carbocycles. The molecule has 1 aliphatic heterocycles. The van der Waals surface area contributed by atoms with Gasteiger partial charge in [0.05, 0.1) is 12.5 Å². The molecule has 0 bridgehead atoms. The van der Waals surface area contributed by atoms with Gasteiger partial charge in [0.1, 0.15) is 0 Å². The SMILES string of the molecule is CCNC(=O)[C@@H](C)OC(=O)C[C@H]1c2ccccc2C=CN1C(C)=O. The van der Waals surface area contributed by atoms with Gasteiger partial charge in [-0.3, -0.25) is 14.4 Å². The Morgan fingerprint density at radius 2 is 2.00 bits per heavy atom. The van der Waals surface area contributed by atoms with Gasteiger partial charge >= 0.3 is 5.97 Å². The normalized spacial score (nSPS) is 17.0. The van der Waals surface area contributed by atoms with Gasteiger partial charge in [-0.15, -0.1) is 0 Å². The lowest BCUT2D eigenvalue weighted by molar-refractivity contribution is -0.156. The highest BCUT2D eigenvalue weighted by Crippen LogP contribution is 2.33. The lowest BCUT2D eigenvalue weighted by Crippen LogP contribution is -2.37. The zero-order chi connectivity index (χ0) is 17.7. The zero-order valence-corrected chi connectivity index (χ0v) is 14.1. The largest absolute Gasteiger partial charge is 0.452 e. The molecular weight excluding hydrogens is 308 g/mol. The predicted octanol–water partition coefficient (Wildman–Crippen LogP) is 2.02. The maximum Gasteiger partial charge on any atom is 0.309 e. The molecule has 2 rings (SSSR count). The maximum absolute atomic E-state index is 12.2. The molecule has 1 N–H and O–H groups in total. The molecule has 1 heterocycles. The van der Waals surface area contributed by atoms with E-state index < -0.39 is 18.1 Å². The Kier molecular flexibility index (Phi) is 5.73. The number of amides is 2. The number of hydrogen-bond acceptors (Lipinski definition) is 4. The van der Waals surface area contributed by atoms with Gasteiger partial charge in [-0.1, -0.05) is 24.3 Å². The van der Waals surface area contributed by atoms with Crippen LogP contribution in [0.15, 0.2) is 30.5 Å². The second-order valence-corrected chi connectivity index (χ2v) is 5.62. The van der Waals surface area contributed by atoms with Crippen LogP contribution in [0.2, 0.25) is 0 Å². The molecule has 0 fully saturated rings. The van der Waals surface area contributed by atoms with E-state index in [1.54, 1.807) is 13.1 Å². The Morgan fingerprint density at radius 3 is 2.67 bits per heavy atom. The molecule has 6 nitrogen and oxygen atoms in total. The first-order chi connectivity index (χ1) is 11.4. The quantitative estimate of drug-likeness (QED) is 0.838. The number of likely N-dealkylation sites (N-methyl/N-ethyl adjacent to an activating group) is 1. The number of hydrogen-bond donors (Lipinski definition) is 1. The summed E-state index contributed by atoms with van der Waals surface area (Å²) >= 11 is 0. The highest BCUT2D eigenvalue weighted by Gasteiger charge is 2.29. The molecule has 0 radical (unpaired) electrons. The Morgan fingerprint density at radius 1 is 1.29 bits per heavy atom. The Balaban J connectivity index is 2.13. The molecule has 0 aromatic heterocycles. The fourth-order valence-electron chi connectivity index (χ4n) is 2.69. The van der Waals surface area contributed by atoms with Crippen molar-refractivity contribution in [1.82, 2.24) is 10.2 Å². The van der Waals surface area contributed by atoms with Crippen LogP contribution in [0.1, 0.15) is 44.4 Å². The molecule has 1 aromatic rings. The van der Waals surface area contributed by atoms with E-state index in [1.165, 1.54) is 18.7 Å². The summed E-state index contributed by atoms with van der Waals surface area (Å²) in [5.74, 6) is -1.01. The van der Waals surface area contributed by atoms with E-state index in [0.29, 0.717) is 6.54 Å². The molecule has 24 heavy (non-hydrogen) atoms. The minimum atomic E-state index is -0.863. The molecule has 0 unspecified atom stereocenters. The van der Waals surface area contributed by atoms with E-state index in [4.69, 9.17) is 4.74 Å². The third kappa shape index (κ3) is 4.01. The molecule has 0 saturated carbocycles. The molecule has 2 atom stereocenters. The molecule has 0 spiro atoms. The summed E-state index contributed by atoms with van der Waals surface area (Å²) in [6.45, 7) is 5.25. The van der Waals surface area contributed by atoms with Crippen LogP contribution >= 0.6 is 0 Å². The van der Waals surface area contributed by atoms with Gasteiger partial charge in [0.15, 0.2) is 6.10 Å². The van der Waals surface area contributed by atoms with Crippen LogP contribution in [-0.4, -0.2) is 35.3 Å². The summed E-state index contributed by atoms with van der Waals surface area (Å²) in [5, 5.41) is 2.61. The van der Waals surface area contributed by atoms with Gasteiger partial charge in [0, 0.05) is 19.7 Å². The molecule has 0 saturated heterocycles. The highest BCUT2D eigenvalue weighted by atomic mass is 16.5. The topological polar surface area (TPSA) is 75.7 Å². The predicted molar refractivity (Wildman–Crippen MR) is 89.6 cm³/mol. The molecular formula is C18H22N2O4. The van der Waals surface area contributed by atoms with Crippen molar-refractivity contribution in [2.24, 2.45) is 0 Å². The van der Waals surface area contributed by atoms with Crippen molar-refractivity contribution >= 4 is 23.9 Å². The third-order valence-electron chi connectivity index (χ3n) is 3.86. The van der Waals surface area contributed by atoms with Gasteiger partial charge in [0.25, 0.3) is 5.91 Å². The molecule has 2 amide bonds. The summed E-state index contributed by atoms with van der Waals surface area (Å²) in [4.78, 5) is 37.3. The van der Waals surface area contributed by atoms with Crippen molar-refractivity contribution in [3.63, 3.8) is 0 Å². The first-order valence-electron chi connectivity index (χ1n) is 7.97. The summed E-state index contributed by atoms with van der Waals surface area (Å²) < 4.78 is 5.20. The number of ether oxygens (including phenoxy) is 1. The van der Waals surface area contributed by atoms with Crippen molar-refractivity contribution in [2.75, 3.05) is 6.54 Å². The van der Waals surface area contributed by atoms with Crippen LogP contribution in [-0.2, 0) is 19.1 Å². The zero-order valence-electron chi connectivity index (χ0n) is 14.1. The minimum Gasteiger partial charge on any atom is -0.452 e. The van der Waals surface area contributed by atoms with Gasteiger partial charge in [-0.25, -0.2) is 0 Å². The monoisotopic (exact) mass is 330 g/mol. The number of fused-ring (bicyclic) bond motifs is 1. The van der Waals surface area contributed by atoms with E-state index in [-0.39, 0.29) is 18.2 Å². The Labute approximate surface area is 141 Å². The second kappa shape index (κ2) is 7.77. The van der Waals surface area contributed by atoms with Crippen molar-refractivity contribution in [3.05, 3.63) is 41.6 Å². The summed E-state index contributed by atoms with van der Waals surface area (Å²) in [7, 11) is 0. The van der Waals surface area contributed by atoms with Crippen LogP contribution in [0.4, 0.5) is 0 Å². The van der Waals surface area contributed by atoms with Crippen LogP contribution in [0.25, 0.3) is 6.08 Å². The van der Waals surface area contributed by atoms with Crippen LogP contribution < -0.4 is 5.32 Å². The van der Waals surface area contributed by atoms with Crippen molar-refractivity contribution < 1.29 is 19.1 Å². The van der Waals surface area contributed by atoms with Gasteiger partial charge in [0.2, 0.25) is 5.91 Å². The molecule has 1 aliphatic rings. The van der Waals surface area contributed by atoms with Gasteiger partial charge < -0.3 is 15.0 Å². The highest BCUT2D eigenvalue weighted by molar-refractivity contribution is 5.84. The first kappa shape index (κ1) is 17.7. The number of esters is 1. The summed E-state index contributed by atoms with van der Waals surface area (Å²) in [5.41, 5.74) is 1.85. The van der Waals surface area contributed by atoms with Crippen molar-refractivity contribution in [2.45, 2.75) is 39.3 Å². The average molecular weight is 330 g/mol. The van der Waals surface area contributed by atoms with E-state index in [1.807, 2.05) is 30.3 Å². The van der Waals surface area contributed by atoms with Crippen molar-refractivity contribution in [1.29, 1.82) is 0 Å². The smallest absolute Gasteiger partial charge is 0.309 e. The van der Waals surface area contributed by atoms with Gasteiger partial charge in [-0.2, -0.15) is 0 Å². The van der Waals surface area contributed by atoms with E-state index in [2.05, 4.69) is 5.32 Å². The molecule has 128 valence electrons. The standard InChI is InChI=1S/C18H22N2O4/c1-4-19-18(23)12(2)24-17(22)11-16-15-8-6-5-7-14(15)9-10-20(16)13(3)21/h5-10,12,16H,4,11H2,1-3H3,(H,19,23)/t12-,16+/m1/s1. The van der Waals surface area contributed by atoms with E-state index in [9.17, 15) is 14.4 Å². The number of rotatable bonds is 5. The fraction of sp³-hybridized carbons (Fsp3) is 0.389. The summed E-state index contributed by atoms with van der Waals surface area (Å²) in [6, 6.07) is 7.15. The number of nitrogens with zero attached hydrogens (tertiary/aromatic N) is 1. The number of nitrogens with one attached hydrogen (secondary N) is 1. The van der Waals surface area contributed by atoms with Crippen LogP contribution in [0.5, 0.6) is 0 Å². The van der Waals surface area contributed by atoms with Crippen molar-refractivity contribution in [3.8, 4) is 0 Å². The Hall–Kier alpha value is -2.63. The average Bonchev–Trinajstić information content (AvgIpc) is 2.54. The maximum atomic E-state index is 12.2. The van der Waals surface area contributed by atoms with Crippen LogP contribution in [0.3, 0.4) is 0 Å². The third-order valence-corrected chi connectivity index (χ3v) is 3.86. The van der Waals surface area contributed by atoms with Gasteiger partial charge in [-0.05, 0) is 31.1 Å². The Bertz CT molecular complexity index is 669. The number of benzene rings is 1. The molecule has 6 heteroatoms. The summed E-state index contributed by atoms with van der Waals surface area (Å²) in [6.07, 6.45) is 2.65. The minimum absolute atomic E-state index is 0.00925. The number of carbonyl (C=O) groups excluding carboxylic acids is 3. The van der Waals surface area contributed by atoms with Crippen LogP contribution in [0, 0.1) is 0 Å².